The minimum atomic E-state index is -0.989. The lowest BCUT2D eigenvalue weighted by molar-refractivity contribution is -0.119. The van der Waals surface area contributed by atoms with E-state index in [2.05, 4.69) is 10.3 Å². The van der Waals surface area contributed by atoms with E-state index in [1.807, 2.05) is 20.8 Å². The van der Waals surface area contributed by atoms with Crippen LogP contribution in [-0.4, -0.2) is 42.1 Å². The van der Waals surface area contributed by atoms with Crippen LogP contribution in [0, 0.1) is 0 Å². The molecule has 6 heteroatoms. The first-order valence-corrected chi connectivity index (χ1v) is 7.09. The van der Waals surface area contributed by atoms with Gasteiger partial charge in [0, 0.05) is 19.3 Å². The summed E-state index contributed by atoms with van der Waals surface area (Å²) in [5.74, 6) is -0.468. The minimum Gasteiger partial charge on any atom is -0.478 e. The predicted molar refractivity (Wildman–Crippen MR) is 81.9 cm³/mol. The number of amides is 1. The molecule has 0 aliphatic rings. The number of carboxylic acids is 1. The second-order valence-corrected chi connectivity index (χ2v) is 5.19. The van der Waals surface area contributed by atoms with Crippen molar-refractivity contribution in [2.75, 3.05) is 25.0 Å². The van der Waals surface area contributed by atoms with Gasteiger partial charge in [-0.3, -0.25) is 4.79 Å². The molecule has 1 rings (SSSR count). The molecule has 0 aliphatic carbocycles. The number of carbonyl (C=O) groups excluding carboxylic acids is 1. The SMILES string of the molecule is CCCN(CC(=O)NC)c1cc(C(=O)O)cc(C(C)C)n1. The van der Waals surface area contributed by atoms with Gasteiger partial charge in [0.2, 0.25) is 5.91 Å². The van der Waals surface area contributed by atoms with Crippen LogP contribution in [0.1, 0.15) is 49.2 Å². The highest BCUT2D eigenvalue weighted by molar-refractivity contribution is 5.89. The number of hydrogen-bond acceptors (Lipinski definition) is 4. The Morgan fingerprint density at radius 3 is 2.52 bits per heavy atom. The van der Waals surface area contributed by atoms with Crippen LogP contribution in [0.2, 0.25) is 0 Å². The molecule has 0 unspecified atom stereocenters. The maximum atomic E-state index is 11.6. The average Bonchev–Trinajstić information content (AvgIpc) is 2.45. The third-order valence-electron chi connectivity index (χ3n) is 3.10. The summed E-state index contributed by atoms with van der Waals surface area (Å²) >= 11 is 0. The summed E-state index contributed by atoms with van der Waals surface area (Å²) in [6.07, 6.45) is 0.840. The van der Waals surface area contributed by atoms with Crippen LogP contribution in [0.5, 0.6) is 0 Å². The zero-order valence-electron chi connectivity index (χ0n) is 13.0. The van der Waals surface area contributed by atoms with Crippen LogP contribution >= 0.6 is 0 Å². The first kappa shape index (κ1) is 16.9. The standard InChI is InChI=1S/C15H23N3O3/c1-5-6-18(9-14(19)16-4)13-8-11(15(20)21)7-12(17-13)10(2)3/h7-8,10H,5-6,9H2,1-4H3,(H,16,19)(H,20,21). The zero-order valence-corrected chi connectivity index (χ0v) is 13.0. The highest BCUT2D eigenvalue weighted by Crippen LogP contribution is 2.20. The van der Waals surface area contributed by atoms with Gasteiger partial charge >= 0.3 is 5.97 Å². The molecule has 2 N–H and O–H groups in total. The Kier molecular flexibility index (Phi) is 6.14. The maximum absolute atomic E-state index is 11.6. The lowest BCUT2D eigenvalue weighted by Gasteiger charge is -2.23. The Hall–Kier alpha value is -2.11. The smallest absolute Gasteiger partial charge is 0.335 e. The van der Waals surface area contributed by atoms with Crippen LogP contribution in [0.25, 0.3) is 0 Å². The fourth-order valence-corrected chi connectivity index (χ4v) is 1.92. The predicted octanol–water partition coefficient (Wildman–Crippen LogP) is 1.87. The molecular formula is C15H23N3O3. The molecule has 0 aromatic carbocycles. The Morgan fingerprint density at radius 2 is 2.05 bits per heavy atom. The van der Waals surface area contributed by atoms with Gasteiger partial charge in [0.25, 0.3) is 0 Å². The van der Waals surface area contributed by atoms with Gasteiger partial charge in [0.05, 0.1) is 12.1 Å². The lowest BCUT2D eigenvalue weighted by atomic mass is 10.1. The minimum absolute atomic E-state index is 0.117. The summed E-state index contributed by atoms with van der Waals surface area (Å²) < 4.78 is 0. The number of carbonyl (C=O) groups is 2. The largest absolute Gasteiger partial charge is 0.478 e. The Morgan fingerprint density at radius 1 is 1.38 bits per heavy atom. The Bertz CT molecular complexity index is 515. The van der Waals surface area contributed by atoms with Crippen molar-refractivity contribution in [1.29, 1.82) is 0 Å². The van der Waals surface area contributed by atoms with E-state index in [1.54, 1.807) is 18.0 Å². The number of anilines is 1. The molecule has 1 aromatic rings. The number of hydrogen-bond donors (Lipinski definition) is 2. The van der Waals surface area contributed by atoms with E-state index in [9.17, 15) is 14.7 Å². The Labute approximate surface area is 125 Å². The van der Waals surface area contributed by atoms with Gasteiger partial charge in [-0.05, 0) is 24.5 Å². The van der Waals surface area contributed by atoms with E-state index in [0.29, 0.717) is 18.1 Å². The molecule has 0 atom stereocenters. The monoisotopic (exact) mass is 293 g/mol. The summed E-state index contributed by atoms with van der Waals surface area (Å²) in [4.78, 5) is 29.2. The van der Waals surface area contributed by atoms with Crippen LogP contribution in [-0.2, 0) is 4.79 Å². The average molecular weight is 293 g/mol. The van der Waals surface area contributed by atoms with E-state index in [-0.39, 0.29) is 23.9 Å². The van der Waals surface area contributed by atoms with Crippen molar-refractivity contribution < 1.29 is 14.7 Å². The summed E-state index contributed by atoms with van der Waals surface area (Å²) in [6, 6.07) is 3.10. The van der Waals surface area contributed by atoms with Crippen LogP contribution in [0.15, 0.2) is 12.1 Å². The number of aromatic carboxylic acids is 1. The van der Waals surface area contributed by atoms with Crippen LogP contribution < -0.4 is 10.2 Å². The number of rotatable bonds is 7. The van der Waals surface area contributed by atoms with E-state index < -0.39 is 5.97 Å². The first-order chi connectivity index (χ1) is 9.88. The number of nitrogens with one attached hydrogen (secondary N) is 1. The molecule has 0 radical (unpaired) electrons. The van der Waals surface area contributed by atoms with Gasteiger partial charge in [-0.15, -0.1) is 0 Å². The molecule has 0 fully saturated rings. The number of carboxylic acid groups (broad SMARTS) is 1. The number of pyridine rings is 1. The van der Waals surface area contributed by atoms with Gasteiger partial charge in [-0.2, -0.15) is 0 Å². The second kappa shape index (κ2) is 7.61. The number of likely N-dealkylation sites (N-methyl/N-ethyl adjacent to an activating group) is 1. The fraction of sp³-hybridized carbons (Fsp3) is 0.533. The van der Waals surface area contributed by atoms with Crippen molar-refractivity contribution in [3.05, 3.63) is 23.4 Å². The molecule has 1 heterocycles. The van der Waals surface area contributed by atoms with E-state index in [0.717, 1.165) is 6.42 Å². The Balaban J connectivity index is 3.22. The van der Waals surface area contributed by atoms with Gasteiger partial charge in [0.15, 0.2) is 0 Å². The maximum Gasteiger partial charge on any atom is 0.335 e. The van der Waals surface area contributed by atoms with Crippen molar-refractivity contribution in [1.82, 2.24) is 10.3 Å². The van der Waals surface area contributed by atoms with Crippen molar-refractivity contribution in [2.24, 2.45) is 0 Å². The third-order valence-corrected chi connectivity index (χ3v) is 3.10. The van der Waals surface area contributed by atoms with E-state index in [1.165, 1.54) is 6.07 Å². The molecule has 0 spiro atoms. The molecular weight excluding hydrogens is 270 g/mol. The zero-order chi connectivity index (χ0) is 16.0. The lowest BCUT2D eigenvalue weighted by Crippen LogP contribution is -2.36. The topological polar surface area (TPSA) is 82.5 Å². The van der Waals surface area contributed by atoms with Crippen molar-refractivity contribution in [2.45, 2.75) is 33.1 Å². The summed E-state index contributed by atoms with van der Waals surface area (Å²) in [5.41, 5.74) is 0.907. The summed E-state index contributed by atoms with van der Waals surface area (Å²) in [6.45, 7) is 6.72. The summed E-state index contributed by atoms with van der Waals surface area (Å²) in [7, 11) is 1.58. The second-order valence-electron chi connectivity index (χ2n) is 5.19. The highest BCUT2D eigenvalue weighted by Gasteiger charge is 2.16. The third kappa shape index (κ3) is 4.73. The molecule has 6 nitrogen and oxygen atoms in total. The van der Waals surface area contributed by atoms with Gasteiger partial charge < -0.3 is 15.3 Å². The number of nitrogens with zero attached hydrogens (tertiary/aromatic N) is 2. The molecule has 0 saturated carbocycles. The van der Waals surface area contributed by atoms with E-state index >= 15 is 0 Å². The van der Waals surface area contributed by atoms with Gasteiger partial charge in [-0.1, -0.05) is 20.8 Å². The number of aromatic nitrogens is 1. The van der Waals surface area contributed by atoms with Crippen LogP contribution in [0.3, 0.4) is 0 Å². The van der Waals surface area contributed by atoms with Crippen LogP contribution in [0.4, 0.5) is 5.82 Å². The molecule has 116 valence electrons. The first-order valence-electron chi connectivity index (χ1n) is 7.09. The fourth-order valence-electron chi connectivity index (χ4n) is 1.92. The molecule has 0 saturated heterocycles. The van der Waals surface area contributed by atoms with Crippen molar-refractivity contribution in [3.8, 4) is 0 Å². The molecule has 0 bridgehead atoms. The summed E-state index contributed by atoms with van der Waals surface area (Å²) in [5, 5.41) is 11.8. The molecule has 21 heavy (non-hydrogen) atoms. The van der Waals surface area contributed by atoms with Gasteiger partial charge in [0.1, 0.15) is 5.82 Å². The van der Waals surface area contributed by atoms with Crippen molar-refractivity contribution >= 4 is 17.7 Å². The molecule has 0 aliphatic heterocycles. The normalized spacial score (nSPS) is 10.5. The molecule has 1 aromatic heterocycles. The quantitative estimate of drug-likeness (QED) is 0.802. The highest BCUT2D eigenvalue weighted by atomic mass is 16.4. The van der Waals surface area contributed by atoms with Gasteiger partial charge in [-0.25, -0.2) is 9.78 Å². The van der Waals surface area contributed by atoms with E-state index in [4.69, 9.17) is 0 Å². The molecule has 1 amide bonds. The van der Waals surface area contributed by atoms with Crippen molar-refractivity contribution in [3.63, 3.8) is 0 Å².